The van der Waals surface area contributed by atoms with Gasteiger partial charge in [0.15, 0.2) is 5.11 Å². The van der Waals surface area contributed by atoms with E-state index >= 15 is 0 Å². The lowest BCUT2D eigenvalue weighted by atomic mass is 10.0. The molecule has 0 aliphatic rings. The standard InChI is InChI=1S/C26H24N2O3S/c1-4-5-8-17(2)11-14-24(29)28-26(32)27-20-12-13-21(18(3)15-20)22-16-19-9-6-7-10-23(19)31-25(22)30/h4-16H,1-3H3,(H2,27,28,29,32)/b5-4-,14-11+,17-8+. The number of allylic oxidation sites excluding steroid dienone is 5. The van der Waals surface area contributed by atoms with Crippen LogP contribution in [-0.2, 0) is 4.79 Å². The predicted octanol–water partition coefficient (Wildman–Crippen LogP) is 5.66. The summed E-state index contributed by atoms with van der Waals surface area (Å²) in [5.41, 5.74) is 3.96. The zero-order chi connectivity index (χ0) is 23.1. The van der Waals surface area contributed by atoms with E-state index < -0.39 is 0 Å². The highest BCUT2D eigenvalue weighted by Crippen LogP contribution is 2.26. The van der Waals surface area contributed by atoms with Gasteiger partial charge in [-0.05, 0) is 68.4 Å². The van der Waals surface area contributed by atoms with Crippen LogP contribution in [0.1, 0.15) is 19.4 Å². The van der Waals surface area contributed by atoms with E-state index in [1.165, 1.54) is 6.08 Å². The van der Waals surface area contributed by atoms with Gasteiger partial charge in [0.25, 0.3) is 0 Å². The summed E-state index contributed by atoms with van der Waals surface area (Å²) >= 11 is 5.24. The van der Waals surface area contributed by atoms with Gasteiger partial charge in [-0.1, -0.05) is 54.1 Å². The Labute approximate surface area is 192 Å². The van der Waals surface area contributed by atoms with Gasteiger partial charge in [0.2, 0.25) is 5.91 Å². The molecule has 32 heavy (non-hydrogen) atoms. The molecular weight excluding hydrogens is 420 g/mol. The summed E-state index contributed by atoms with van der Waals surface area (Å²) in [6.07, 6.45) is 8.86. The molecule has 0 saturated heterocycles. The van der Waals surface area contributed by atoms with Gasteiger partial charge in [0, 0.05) is 17.1 Å². The number of aryl methyl sites for hydroxylation is 1. The number of rotatable bonds is 5. The molecule has 2 N–H and O–H groups in total. The lowest BCUT2D eigenvalue weighted by molar-refractivity contribution is -0.115. The number of amides is 1. The summed E-state index contributed by atoms with van der Waals surface area (Å²) in [4.78, 5) is 24.5. The van der Waals surface area contributed by atoms with Crippen molar-refractivity contribution in [1.82, 2.24) is 5.32 Å². The molecule has 2 aromatic carbocycles. The van der Waals surface area contributed by atoms with E-state index in [0.29, 0.717) is 16.8 Å². The van der Waals surface area contributed by atoms with Crippen LogP contribution in [0.15, 0.2) is 93.7 Å². The largest absolute Gasteiger partial charge is 0.422 e. The number of para-hydroxylation sites is 1. The Morgan fingerprint density at radius 3 is 2.59 bits per heavy atom. The van der Waals surface area contributed by atoms with Gasteiger partial charge in [-0.25, -0.2) is 4.79 Å². The van der Waals surface area contributed by atoms with Crippen molar-refractivity contribution in [2.45, 2.75) is 20.8 Å². The molecule has 0 aliphatic carbocycles. The van der Waals surface area contributed by atoms with Crippen molar-refractivity contribution in [3.8, 4) is 11.1 Å². The minimum atomic E-state index is -0.388. The fourth-order valence-corrected chi connectivity index (χ4v) is 3.34. The van der Waals surface area contributed by atoms with Crippen molar-refractivity contribution in [3.63, 3.8) is 0 Å². The summed E-state index contributed by atoms with van der Waals surface area (Å²) in [5, 5.41) is 6.66. The molecule has 0 fully saturated rings. The van der Waals surface area contributed by atoms with Crippen molar-refractivity contribution >= 4 is 39.9 Å². The highest BCUT2D eigenvalue weighted by Gasteiger charge is 2.11. The molecule has 0 atom stereocenters. The van der Waals surface area contributed by atoms with Crippen molar-refractivity contribution < 1.29 is 9.21 Å². The van der Waals surface area contributed by atoms with Gasteiger partial charge in [-0.15, -0.1) is 0 Å². The van der Waals surface area contributed by atoms with Gasteiger partial charge < -0.3 is 9.73 Å². The molecule has 6 heteroatoms. The number of anilines is 1. The van der Waals surface area contributed by atoms with Crippen LogP contribution in [0.25, 0.3) is 22.1 Å². The Morgan fingerprint density at radius 2 is 1.84 bits per heavy atom. The molecule has 3 aromatic rings. The molecule has 1 aromatic heterocycles. The zero-order valence-corrected chi connectivity index (χ0v) is 19.0. The van der Waals surface area contributed by atoms with Crippen molar-refractivity contribution in [1.29, 1.82) is 0 Å². The van der Waals surface area contributed by atoms with E-state index in [4.69, 9.17) is 16.6 Å². The molecule has 3 rings (SSSR count). The Bertz CT molecular complexity index is 1320. The van der Waals surface area contributed by atoms with E-state index in [9.17, 15) is 9.59 Å². The maximum absolute atomic E-state index is 12.5. The fraction of sp³-hybridized carbons (Fsp3) is 0.115. The van der Waals surface area contributed by atoms with Crippen molar-refractivity contribution in [2.24, 2.45) is 0 Å². The van der Waals surface area contributed by atoms with E-state index in [0.717, 1.165) is 22.1 Å². The number of carbonyl (C=O) groups excluding carboxylic acids is 1. The van der Waals surface area contributed by atoms with Gasteiger partial charge in [0.1, 0.15) is 5.58 Å². The number of hydrogen-bond acceptors (Lipinski definition) is 4. The second-order valence-electron chi connectivity index (χ2n) is 7.23. The Morgan fingerprint density at radius 1 is 1.06 bits per heavy atom. The first-order chi connectivity index (χ1) is 15.4. The van der Waals surface area contributed by atoms with Crippen LogP contribution in [0.3, 0.4) is 0 Å². The predicted molar refractivity (Wildman–Crippen MR) is 135 cm³/mol. The van der Waals surface area contributed by atoms with E-state index in [1.807, 2.05) is 75.4 Å². The molecule has 5 nitrogen and oxygen atoms in total. The third kappa shape index (κ3) is 5.89. The number of hydrogen-bond donors (Lipinski definition) is 2. The number of fused-ring (bicyclic) bond motifs is 1. The quantitative estimate of drug-likeness (QED) is 0.230. The normalized spacial score (nSPS) is 11.9. The molecule has 0 saturated carbocycles. The van der Waals surface area contributed by atoms with Crippen LogP contribution in [-0.4, -0.2) is 11.0 Å². The van der Waals surface area contributed by atoms with Crippen LogP contribution < -0.4 is 16.3 Å². The third-order valence-electron chi connectivity index (χ3n) is 4.70. The molecule has 0 radical (unpaired) electrons. The lowest BCUT2D eigenvalue weighted by Crippen LogP contribution is -2.32. The Kier molecular flexibility index (Phi) is 7.52. The van der Waals surface area contributed by atoms with Crippen LogP contribution in [0.2, 0.25) is 0 Å². The smallest absolute Gasteiger partial charge is 0.344 e. The van der Waals surface area contributed by atoms with E-state index in [2.05, 4.69) is 10.6 Å². The molecule has 1 heterocycles. The highest BCUT2D eigenvalue weighted by molar-refractivity contribution is 7.80. The first kappa shape index (κ1) is 22.9. The summed E-state index contributed by atoms with van der Waals surface area (Å²) in [5.74, 6) is -0.321. The summed E-state index contributed by atoms with van der Waals surface area (Å²) in [6.45, 7) is 5.73. The van der Waals surface area contributed by atoms with Crippen LogP contribution >= 0.6 is 12.2 Å². The van der Waals surface area contributed by atoms with Gasteiger partial charge in [0.05, 0.1) is 5.56 Å². The number of benzene rings is 2. The maximum atomic E-state index is 12.5. The maximum Gasteiger partial charge on any atom is 0.344 e. The lowest BCUT2D eigenvalue weighted by Gasteiger charge is -2.11. The fourth-order valence-electron chi connectivity index (χ4n) is 3.12. The first-order valence-electron chi connectivity index (χ1n) is 10.1. The average molecular weight is 445 g/mol. The average Bonchev–Trinajstić information content (AvgIpc) is 2.76. The minimum absolute atomic E-state index is 0.187. The van der Waals surface area contributed by atoms with Crippen molar-refractivity contribution in [3.05, 3.63) is 100 Å². The molecule has 0 bridgehead atoms. The molecule has 0 spiro atoms. The van der Waals surface area contributed by atoms with Crippen LogP contribution in [0.5, 0.6) is 0 Å². The molecule has 162 valence electrons. The Balaban J connectivity index is 1.71. The number of thiocarbonyl (C=S) groups is 1. The molecule has 1 amide bonds. The second-order valence-corrected chi connectivity index (χ2v) is 7.64. The van der Waals surface area contributed by atoms with Gasteiger partial charge in [-0.2, -0.15) is 0 Å². The highest BCUT2D eigenvalue weighted by atomic mass is 32.1. The van der Waals surface area contributed by atoms with Crippen LogP contribution in [0.4, 0.5) is 5.69 Å². The zero-order valence-electron chi connectivity index (χ0n) is 18.1. The monoisotopic (exact) mass is 444 g/mol. The summed E-state index contributed by atoms with van der Waals surface area (Å²) < 4.78 is 5.45. The number of nitrogens with one attached hydrogen (secondary N) is 2. The first-order valence-corrected chi connectivity index (χ1v) is 10.5. The summed E-state index contributed by atoms with van der Waals surface area (Å²) in [6, 6.07) is 14.7. The topological polar surface area (TPSA) is 71.3 Å². The van der Waals surface area contributed by atoms with Gasteiger partial charge in [-0.3, -0.25) is 10.1 Å². The minimum Gasteiger partial charge on any atom is -0.422 e. The molecule has 0 aliphatic heterocycles. The SMILES string of the molecule is C\C=C/C=C(C)/C=C/C(=O)NC(=S)Nc1ccc(-c2cc3ccccc3oc2=O)c(C)c1. The number of carbonyl (C=O) groups is 1. The summed E-state index contributed by atoms with van der Waals surface area (Å²) in [7, 11) is 0. The molecular formula is C26H24N2O3S. The van der Waals surface area contributed by atoms with Crippen molar-refractivity contribution in [2.75, 3.05) is 5.32 Å². The van der Waals surface area contributed by atoms with Crippen LogP contribution in [0, 0.1) is 6.92 Å². The van der Waals surface area contributed by atoms with Gasteiger partial charge >= 0.3 is 5.63 Å². The Hall–Kier alpha value is -3.77. The van der Waals surface area contributed by atoms with E-state index in [-0.39, 0.29) is 16.6 Å². The van der Waals surface area contributed by atoms with E-state index in [1.54, 1.807) is 18.2 Å². The molecule has 0 unspecified atom stereocenters. The third-order valence-corrected chi connectivity index (χ3v) is 4.91. The second kappa shape index (κ2) is 10.5.